The molecule has 4 rings (SSSR count). The molecule has 2 fully saturated rings. The van der Waals surface area contributed by atoms with Crippen LogP contribution < -0.4 is 15.0 Å². The number of anilines is 1. The minimum atomic E-state index is -0.0366. The van der Waals surface area contributed by atoms with E-state index in [0.717, 1.165) is 56.2 Å². The molecule has 1 aliphatic carbocycles. The van der Waals surface area contributed by atoms with E-state index in [4.69, 9.17) is 4.74 Å². The first-order chi connectivity index (χ1) is 13.6. The zero-order valence-corrected chi connectivity index (χ0v) is 16.6. The third-order valence-electron chi connectivity index (χ3n) is 5.69. The van der Waals surface area contributed by atoms with E-state index < -0.39 is 0 Å². The van der Waals surface area contributed by atoms with Crippen molar-refractivity contribution in [1.82, 2.24) is 15.2 Å². The SMILES string of the molecule is COc1ccc(C(NC(=O)c2ccnc(N3CCN(C)CC3)c2)C2CC2)cc1. The van der Waals surface area contributed by atoms with E-state index in [0.29, 0.717) is 11.5 Å². The Hall–Kier alpha value is -2.60. The van der Waals surface area contributed by atoms with Gasteiger partial charge in [0.25, 0.3) is 5.91 Å². The summed E-state index contributed by atoms with van der Waals surface area (Å²) in [7, 11) is 3.79. The molecular weight excluding hydrogens is 352 g/mol. The number of amides is 1. The van der Waals surface area contributed by atoms with Gasteiger partial charge in [-0.2, -0.15) is 0 Å². The molecule has 1 aromatic heterocycles. The topological polar surface area (TPSA) is 57.7 Å². The van der Waals surface area contributed by atoms with Gasteiger partial charge in [-0.3, -0.25) is 4.79 Å². The van der Waals surface area contributed by atoms with Gasteiger partial charge in [0, 0.05) is 37.9 Å². The van der Waals surface area contributed by atoms with Gasteiger partial charge < -0.3 is 19.9 Å². The van der Waals surface area contributed by atoms with Gasteiger partial charge in [0.2, 0.25) is 0 Å². The van der Waals surface area contributed by atoms with Crippen molar-refractivity contribution in [3.63, 3.8) is 0 Å². The first-order valence-corrected chi connectivity index (χ1v) is 9.98. The second-order valence-corrected chi connectivity index (χ2v) is 7.75. The number of piperazine rings is 1. The lowest BCUT2D eigenvalue weighted by molar-refractivity contribution is 0.0931. The summed E-state index contributed by atoms with van der Waals surface area (Å²) >= 11 is 0. The van der Waals surface area contributed by atoms with Crippen molar-refractivity contribution in [2.75, 3.05) is 45.2 Å². The number of methoxy groups -OCH3 is 1. The molecule has 0 radical (unpaired) electrons. The van der Waals surface area contributed by atoms with E-state index in [2.05, 4.69) is 27.1 Å². The van der Waals surface area contributed by atoms with Crippen molar-refractivity contribution in [3.05, 3.63) is 53.7 Å². The Labute approximate surface area is 166 Å². The van der Waals surface area contributed by atoms with Crippen LogP contribution in [0, 0.1) is 5.92 Å². The molecule has 0 bridgehead atoms. The number of hydrogen-bond donors (Lipinski definition) is 1. The fraction of sp³-hybridized carbons (Fsp3) is 0.455. The van der Waals surface area contributed by atoms with E-state index in [1.807, 2.05) is 30.3 Å². The average molecular weight is 380 g/mol. The highest BCUT2D eigenvalue weighted by molar-refractivity contribution is 5.95. The smallest absolute Gasteiger partial charge is 0.251 e. The summed E-state index contributed by atoms with van der Waals surface area (Å²) in [5.41, 5.74) is 1.80. The largest absolute Gasteiger partial charge is 0.497 e. The number of nitrogens with zero attached hydrogens (tertiary/aromatic N) is 3. The maximum Gasteiger partial charge on any atom is 0.251 e. The van der Waals surface area contributed by atoms with Crippen LogP contribution in [0.5, 0.6) is 5.75 Å². The molecule has 6 heteroatoms. The van der Waals surface area contributed by atoms with Gasteiger partial charge in [0.1, 0.15) is 11.6 Å². The summed E-state index contributed by atoms with van der Waals surface area (Å²) < 4.78 is 5.25. The molecule has 6 nitrogen and oxygen atoms in total. The quantitative estimate of drug-likeness (QED) is 0.835. The van der Waals surface area contributed by atoms with Crippen LogP contribution >= 0.6 is 0 Å². The van der Waals surface area contributed by atoms with Gasteiger partial charge in [-0.15, -0.1) is 0 Å². The lowest BCUT2D eigenvalue weighted by Gasteiger charge is -2.33. The average Bonchev–Trinajstić information content (AvgIpc) is 3.58. The number of pyridine rings is 1. The van der Waals surface area contributed by atoms with Crippen molar-refractivity contribution in [3.8, 4) is 5.75 Å². The predicted octanol–water partition coefficient (Wildman–Crippen LogP) is 2.72. The number of carbonyl (C=O) groups excluding carboxylic acids is 1. The molecular formula is C22H28N4O2. The standard InChI is InChI=1S/C22H28N4O2/c1-25-11-13-26(14-12-25)20-15-18(9-10-23-20)22(27)24-21(16-3-4-16)17-5-7-19(28-2)8-6-17/h5-10,15-16,21H,3-4,11-14H2,1-2H3,(H,24,27). The molecule has 2 aromatic rings. The van der Waals surface area contributed by atoms with Gasteiger partial charge in [-0.1, -0.05) is 12.1 Å². The molecule has 2 aliphatic rings. The van der Waals surface area contributed by atoms with Crippen molar-refractivity contribution >= 4 is 11.7 Å². The first kappa shape index (κ1) is 18.7. The van der Waals surface area contributed by atoms with Crippen LogP contribution in [0.2, 0.25) is 0 Å². The lowest BCUT2D eigenvalue weighted by Crippen LogP contribution is -2.44. The molecule has 1 aromatic carbocycles. The second kappa shape index (κ2) is 8.19. The molecule has 148 valence electrons. The number of rotatable bonds is 6. The van der Waals surface area contributed by atoms with Crippen LogP contribution in [-0.4, -0.2) is 56.1 Å². The second-order valence-electron chi connectivity index (χ2n) is 7.75. The molecule has 1 atom stereocenters. The molecule has 1 aliphatic heterocycles. The Kier molecular flexibility index (Phi) is 5.48. The fourth-order valence-electron chi connectivity index (χ4n) is 3.71. The number of hydrogen-bond acceptors (Lipinski definition) is 5. The summed E-state index contributed by atoms with van der Waals surface area (Å²) in [5.74, 6) is 2.19. The van der Waals surface area contributed by atoms with Crippen LogP contribution in [0.4, 0.5) is 5.82 Å². The summed E-state index contributed by atoms with van der Waals surface area (Å²) in [6, 6.07) is 11.8. The zero-order chi connectivity index (χ0) is 19.5. The van der Waals surface area contributed by atoms with E-state index in [1.165, 1.54) is 0 Å². The van der Waals surface area contributed by atoms with Gasteiger partial charge in [-0.05, 0) is 55.6 Å². The summed E-state index contributed by atoms with van der Waals surface area (Å²) in [6.07, 6.45) is 4.04. The third-order valence-corrected chi connectivity index (χ3v) is 5.69. The number of likely N-dealkylation sites (N-methyl/N-ethyl adjacent to an activating group) is 1. The molecule has 2 heterocycles. The number of ether oxygens (including phenoxy) is 1. The van der Waals surface area contributed by atoms with E-state index in [9.17, 15) is 4.79 Å². The number of benzene rings is 1. The fourth-order valence-corrected chi connectivity index (χ4v) is 3.71. The summed E-state index contributed by atoms with van der Waals surface area (Å²) in [5, 5.41) is 3.25. The first-order valence-electron chi connectivity index (χ1n) is 9.98. The van der Waals surface area contributed by atoms with Crippen LogP contribution in [-0.2, 0) is 0 Å². The highest BCUT2D eigenvalue weighted by Crippen LogP contribution is 2.41. The Bertz CT molecular complexity index is 812. The molecule has 1 amide bonds. The van der Waals surface area contributed by atoms with Crippen molar-refractivity contribution in [1.29, 1.82) is 0 Å². The molecule has 1 N–H and O–H groups in total. The zero-order valence-electron chi connectivity index (χ0n) is 16.6. The number of nitrogens with one attached hydrogen (secondary N) is 1. The van der Waals surface area contributed by atoms with E-state index in [1.54, 1.807) is 19.4 Å². The summed E-state index contributed by atoms with van der Waals surface area (Å²) in [6.45, 7) is 3.90. The van der Waals surface area contributed by atoms with Crippen LogP contribution in [0.1, 0.15) is 34.8 Å². The van der Waals surface area contributed by atoms with Gasteiger partial charge >= 0.3 is 0 Å². The predicted molar refractivity (Wildman–Crippen MR) is 110 cm³/mol. The summed E-state index contributed by atoms with van der Waals surface area (Å²) in [4.78, 5) is 22.0. The molecule has 28 heavy (non-hydrogen) atoms. The Balaban J connectivity index is 1.48. The lowest BCUT2D eigenvalue weighted by atomic mass is 10.0. The van der Waals surface area contributed by atoms with Crippen molar-refractivity contribution in [2.24, 2.45) is 5.92 Å². The molecule has 1 saturated carbocycles. The van der Waals surface area contributed by atoms with Gasteiger partial charge in [0.05, 0.1) is 13.2 Å². The van der Waals surface area contributed by atoms with E-state index >= 15 is 0 Å². The molecule has 1 saturated heterocycles. The Morgan fingerprint density at radius 3 is 2.50 bits per heavy atom. The van der Waals surface area contributed by atoms with Crippen LogP contribution in [0.3, 0.4) is 0 Å². The molecule has 1 unspecified atom stereocenters. The van der Waals surface area contributed by atoms with Gasteiger partial charge in [-0.25, -0.2) is 4.98 Å². The maximum absolute atomic E-state index is 13.0. The third kappa shape index (κ3) is 4.28. The maximum atomic E-state index is 13.0. The van der Waals surface area contributed by atoms with Crippen molar-refractivity contribution in [2.45, 2.75) is 18.9 Å². The normalized spacial score (nSPS) is 18.6. The minimum Gasteiger partial charge on any atom is -0.497 e. The van der Waals surface area contributed by atoms with Crippen LogP contribution in [0.15, 0.2) is 42.6 Å². The minimum absolute atomic E-state index is 0.0366. The molecule has 0 spiro atoms. The highest BCUT2D eigenvalue weighted by atomic mass is 16.5. The Morgan fingerprint density at radius 2 is 1.86 bits per heavy atom. The van der Waals surface area contributed by atoms with Gasteiger partial charge in [0.15, 0.2) is 0 Å². The van der Waals surface area contributed by atoms with Crippen LogP contribution in [0.25, 0.3) is 0 Å². The van der Waals surface area contributed by atoms with Crippen molar-refractivity contribution < 1.29 is 9.53 Å². The van der Waals surface area contributed by atoms with E-state index in [-0.39, 0.29) is 11.9 Å². The number of aromatic nitrogens is 1. The number of carbonyl (C=O) groups is 1. The highest BCUT2D eigenvalue weighted by Gasteiger charge is 2.33. The Morgan fingerprint density at radius 1 is 1.14 bits per heavy atom. The monoisotopic (exact) mass is 380 g/mol.